The molecule has 0 fully saturated rings. The lowest BCUT2D eigenvalue weighted by Gasteiger charge is -2.00. The zero-order valence-electron chi connectivity index (χ0n) is 7.83. The van der Waals surface area contributed by atoms with Crippen LogP contribution in [0.5, 0.6) is 0 Å². The molecule has 13 heavy (non-hydrogen) atoms. The van der Waals surface area contributed by atoms with Crippen molar-refractivity contribution in [3.05, 3.63) is 35.4 Å². The molecule has 0 aliphatic rings. The van der Waals surface area contributed by atoms with Crippen LogP contribution in [0.1, 0.15) is 17.5 Å². The summed E-state index contributed by atoms with van der Waals surface area (Å²) in [5.74, 6) is 0.887. The Kier molecular flexibility index (Phi) is 3.90. The van der Waals surface area contributed by atoms with Gasteiger partial charge in [0.1, 0.15) is 0 Å². The Hall–Kier alpha value is -0.890. The van der Waals surface area contributed by atoms with Crippen LogP contribution in [0.2, 0.25) is 0 Å². The molecule has 0 radical (unpaired) electrons. The van der Waals surface area contributed by atoms with Gasteiger partial charge in [0.05, 0.1) is 0 Å². The van der Waals surface area contributed by atoms with E-state index in [2.05, 4.69) is 30.8 Å². The molecule has 1 aromatic carbocycles. The Morgan fingerprint density at radius 1 is 1.46 bits per heavy atom. The third-order valence-electron chi connectivity index (χ3n) is 1.91. The second-order valence-corrected chi connectivity index (χ2v) is 3.48. The SMILES string of the molecule is Cc1ccc(C=CCCS)cc1N. The summed E-state index contributed by atoms with van der Waals surface area (Å²) in [6.07, 6.45) is 5.18. The smallest absolute Gasteiger partial charge is 0.0349 e. The lowest BCUT2D eigenvalue weighted by molar-refractivity contribution is 1.26. The molecule has 0 spiro atoms. The van der Waals surface area contributed by atoms with Crippen LogP contribution < -0.4 is 5.73 Å². The van der Waals surface area contributed by atoms with Gasteiger partial charge in [0.2, 0.25) is 0 Å². The van der Waals surface area contributed by atoms with Crippen LogP contribution in [-0.4, -0.2) is 5.75 Å². The summed E-state index contributed by atoms with van der Waals surface area (Å²) < 4.78 is 0. The maximum Gasteiger partial charge on any atom is 0.0349 e. The van der Waals surface area contributed by atoms with Crippen molar-refractivity contribution in [2.24, 2.45) is 0 Å². The van der Waals surface area contributed by atoms with Crippen LogP contribution >= 0.6 is 12.6 Å². The number of rotatable bonds is 3. The van der Waals surface area contributed by atoms with Crippen LogP contribution in [0, 0.1) is 6.92 Å². The number of thiol groups is 1. The number of allylic oxidation sites excluding steroid dienone is 1. The highest BCUT2D eigenvalue weighted by Crippen LogP contribution is 2.14. The first-order chi connectivity index (χ1) is 6.24. The van der Waals surface area contributed by atoms with Gasteiger partial charge in [-0.25, -0.2) is 0 Å². The van der Waals surface area contributed by atoms with E-state index in [0.717, 1.165) is 29.0 Å². The molecular formula is C11H15NS. The monoisotopic (exact) mass is 193 g/mol. The maximum atomic E-state index is 5.78. The average Bonchev–Trinajstić information content (AvgIpc) is 2.12. The third kappa shape index (κ3) is 3.15. The van der Waals surface area contributed by atoms with Crippen molar-refractivity contribution in [1.82, 2.24) is 0 Å². The molecule has 2 heteroatoms. The highest BCUT2D eigenvalue weighted by atomic mass is 32.1. The topological polar surface area (TPSA) is 26.0 Å². The van der Waals surface area contributed by atoms with Gasteiger partial charge < -0.3 is 5.73 Å². The van der Waals surface area contributed by atoms with E-state index in [1.165, 1.54) is 0 Å². The fourth-order valence-corrected chi connectivity index (χ4v) is 1.21. The summed E-state index contributed by atoms with van der Waals surface area (Å²) in [7, 11) is 0. The van der Waals surface area contributed by atoms with Gasteiger partial charge in [0, 0.05) is 5.69 Å². The normalized spacial score (nSPS) is 10.9. The van der Waals surface area contributed by atoms with E-state index in [-0.39, 0.29) is 0 Å². The highest BCUT2D eigenvalue weighted by Gasteiger charge is 1.92. The van der Waals surface area contributed by atoms with E-state index >= 15 is 0 Å². The predicted molar refractivity (Wildman–Crippen MR) is 63.1 cm³/mol. The summed E-state index contributed by atoms with van der Waals surface area (Å²) in [6.45, 7) is 2.01. The van der Waals surface area contributed by atoms with Gasteiger partial charge >= 0.3 is 0 Å². The molecule has 0 aromatic heterocycles. The molecule has 0 heterocycles. The van der Waals surface area contributed by atoms with Gasteiger partial charge in [0.15, 0.2) is 0 Å². The van der Waals surface area contributed by atoms with E-state index in [0.29, 0.717) is 0 Å². The van der Waals surface area contributed by atoms with Crippen molar-refractivity contribution in [2.75, 3.05) is 11.5 Å². The van der Waals surface area contributed by atoms with E-state index in [1.54, 1.807) is 0 Å². The molecule has 0 saturated heterocycles. The Morgan fingerprint density at radius 3 is 2.85 bits per heavy atom. The zero-order valence-corrected chi connectivity index (χ0v) is 8.72. The van der Waals surface area contributed by atoms with Gasteiger partial charge in [-0.15, -0.1) is 0 Å². The van der Waals surface area contributed by atoms with Crippen molar-refractivity contribution in [3.8, 4) is 0 Å². The molecule has 0 amide bonds. The summed E-state index contributed by atoms with van der Waals surface area (Å²) in [5, 5.41) is 0. The Morgan fingerprint density at radius 2 is 2.23 bits per heavy atom. The third-order valence-corrected chi connectivity index (χ3v) is 2.17. The largest absolute Gasteiger partial charge is 0.398 e. The van der Waals surface area contributed by atoms with Gasteiger partial charge in [0.25, 0.3) is 0 Å². The van der Waals surface area contributed by atoms with Crippen LogP contribution in [0.4, 0.5) is 5.69 Å². The van der Waals surface area contributed by atoms with Gasteiger partial charge in [-0.2, -0.15) is 12.6 Å². The van der Waals surface area contributed by atoms with Crippen molar-refractivity contribution < 1.29 is 0 Å². The molecule has 0 bridgehead atoms. The molecule has 70 valence electrons. The van der Waals surface area contributed by atoms with E-state index in [9.17, 15) is 0 Å². The second kappa shape index (κ2) is 4.97. The maximum absolute atomic E-state index is 5.78. The van der Waals surface area contributed by atoms with Gasteiger partial charge in [-0.1, -0.05) is 24.3 Å². The lowest BCUT2D eigenvalue weighted by atomic mass is 10.1. The molecule has 0 aliphatic carbocycles. The standard InChI is InChI=1S/C11H15NS/c1-9-5-6-10(8-11(9)12)4-2-3-7-13/h2,4-6,8,13H,3,7,12H2,1H3. The molecular weight excluding hydrogens is 178 g/mol. The molecule has 1 aromatic rings. The minimum absolute atomic E-state index is 0.855. The molecule has 1 nitrogen and oxygen atoms in total. The fourth-order valence-electron chi connectivity index (χ4n) is 1.06. The number of benzene rings is 1. The summed E-state index contributed by atoms with van der Waals surface area (Å²) >= 11 is 4.13. The van der Waals surface area contributed by atoms with Crippen molar-refractivity contribution in [3.63, 3.8) is 0 Å². The van der Waals surface area contributed by atoms with Gasteiger partial charge in [-0.05, 0) is 36.3 Å². The molecule has 2 N–H and O–H groups in total. The number of aryl methyl sites for hydroxylation is 1. The Bertz CT molecular complexity index is 305. The number of anilines is 1. The van der Waals surface area contributed by atoms with Crippen molar-refractivity contribution in [1.29, 1.82) is 0 Å². The number of hydrogen-bond donors (Lipinski definition) is 2. The van der Waals surface area contributed by atoms with E-state index in [4.69, 9.17) is 5.73 Å². The second-order valence-electron chi connectivity index (χ2n) is 3.03. The van der Waals surface area contributed by atoms with E-state index in [1.807, 2.05) is 19.1 Å². The number of hydrogen-bond acceptors (Lipinski definition) is 2. The summed E-state index contributed by atoms with van der Waals surface area (Å²) in [5.41, 5.74) is 8.92. The summed E-state index contributed by atoms with van der Waals surface area (Å²) in [6, 6.07) is 6.10. The Labute approximate surface area is 85.1 Å². The first kappa shape index (κ1) is 10.2. The number of nitrogens with two attached hydrogens (primary N) is 1. The minimum Gasteiger partial charge on any atom is -0.398 e. The molecule has 0 aliphatic heterocycles. The molecule has 0 atom stereocenters. The highest BCUT2D eigenvalue weighted by molar-refractivity contribution is 7.80. The fraction of sp³-hybridized carbons (Fsp3) is 0.273. The van der Waals surface area contributed by atoms with Crippen LogP contribution in [-0.2, 0) is 0 Å². The van der Waals surface area contributed by atoms with Crippen LogP contribution in [0.25, 0.3) is 6.08 Å². The van der Waals surface area contributed by atoms with Crippen LogP contribution in [0.15, 0.2) is 24.3 Å². The molecule has 1 rings (SSSR count). The van der Waals surface area contributed by atoms with Crippen molar-refractivity contribution >= 4 is 24.4 Å². The quantitative estimate of drug-likeness (QED) is 0.560. The van der Waals surface area contributed by atoms with Crippen molar-refractivity contribution in [2.45, 2.75) is 13.3 Å². The van der Waals surface area contributed by atoms with Crippen LogP contribution in [0.3, 0.4) is 0 Å². The molecule has 0 saturated carbocycles. The zero-order chi connectivity index (χ0) is 9.68. The Balaban J connectivity index is 2.73. The lowest BCUT2D eigenvalue weighted by Crippen LogP contribution is -1.89. The summed E-state index contributed by atoms with van der Waals surface area (Å²) in [4.78, 5) is 0. The average molecular weight is 193 g/mol. The minimum atomic E-state index is 0.855. The van der Waals surface area contributed by atoms with E-state index < -0.39 is 0 Å². The van der Waals surface area contributed by atoms with Gasteiger partial charge in [-0.3, -0.25) is 0 Å². The predicted octanol–water partition coefficient (Wildman–Crippen LogP) is 2.91. The first-order valence-electron chi connectivity index (χ1n) is 4.37. The first-order valence-corrected chi connectivity index (χ1v) is 5.01. The molecule has 0 unspecified atom stereocenters. The number of nitrogen functional groups attached to an aromatic ring is 1.